The maximum Gasteiger partial charge on any atom is 0.263 e. The summed E-state index contributed by atoms with van der Waals surface area (Å²) in [6.07, 6.45) is 4.85. The number of pyridine rings is 1. The molecule has 0 saturated carbocycles. The van der Waals surface area contributed by atoms with Crippen molar-refractivity contribution in [1.82, 2.24) is 24.5 Å². The first kappa shape index (κ1) is 11.6. The Bertz CT molecular complexity index is 655. The SMILES string of the molecule is Cn1cccc(C(=O)N2CC(n3nccn3)C2)c1=O. The summed E-state index contributed by atoms with van der Waals surface area (Å²) in [6.45, 7) is 1.07. The highest BCUT2D eigenvalue weighted by atomic mass is 16.2. The number of hydrogen-bond acceptors (Lipinski definition) is 4. The fourth-order valence-electron chi connectivity index (χ4n) is 2.11. The first-order valence-corrected chi connectivity index (χ1v) is 5.97. The number of rotatable bonds is 2. The van der Waals surface area contributed by atoms with Crippen LogP contribution in [0.5, 0.6) is 0 Å². The van der Waals surface area contributed by atoms with Crippen LogP contribution in [0, 0.1) is 0 Å². The average molecular weight is 259 g/mol. The molecule has 0 aromatic carbocycles. The van der Waals surface area contributed by atoms with Crippen LogP contribution >= 0.6 is 0 Å². The second-order valence-electron chi connectivity index (χ2n) is 4.55. The maximum atomic E-state index is 12.2. The number of aryl methyl sites for hydroxylation is 1. The van der Waals surface area contributed by atoms with Gasteiger partial charge in [-0.05, 0) is 12.1 Å². The number of likely N-dealkylation sites (tertiary alicyclic amines) is 1. The Morgan fingerprint density at radius 2 is 2.00 bits per heavy atom. The normalized spacial score (nSPS) is 15.3. The summed E-state index contributed by atoms with van der Waals surface area (Å²) < 4.78 is 1.40. The third-order valence-electron chi connectivity index (χ3n) is 3.27. The lowest BCUT2D eigenvalue weighted by molar-refractivity contribution is 0.0474. The van der Waals surface area contributed by atoms with Gasteiger partial charge in [-0.25, -0.2) is 0 Å². The van der Waals surface area contributed by atoms with Crippen LogP contribution < -0.4 is 5.56 Å². The van der Waals surface area contributed by atoms with Gasteiger partial charge in [0, 0.05) is 26.3 Å². The third kappa shape index (κ3) is 1.92. The minimum atomic E-state index is -0.270. The molecule has 7 heteroatoms. The zero-order valence-electron chi connectivity index (χ0n) is 10.4. The van der Waals surface area contributed by atoms with Crippen LogP contribution in [0.1, 0.15) is 16.4 Å². The summed E-state index contributed by atoms with van der Waals surface area (Å²) in [5.74, 6) is -0.232. The smallest absolute Gasteiger partial charge is 0.263 e. The van der Waals surface area contributed by atoms with Gasteiger partial charge in [0.25, 0.3) is 11.5 Å². The van der Waals surface area contributed by atoms with Crippen LogP contribution in [0.2, 0.25) is 0 Å². The van der Waals surface area contributed by atoms with Crippen molar-refractivity contribution in [2.45, 2.75) is 6.04 Å². The van der Waals surface area contributed by atoms with Crippen LogP contribution in [-0.2, 0) is 7.05 Å². The molecule has 1 aliphatic heterocycles. The van der Waals surface area contributed by atoms with E-state index in [0.29, 0.717) is 13.1 Å². The number of hydrogen-bond donors (Lipinski definition) is 0. The Labute approximate surface area is 109 Å². The molecule has 1 amide bonds. The fraction of sp³-hybridized carbons (Fsp3) is 0.333. The molecule has 0 bridgehead atoms. The predicted octanol–water partition coefficient (Wildman–Crippen LogP) is -0.326. The Balaban J connectivity index is 1.74. The zero-order valence-corrected chi connectivity index (χ0v) is 10.4. The van der Waals surface area contributed by atoms with Crippen molar-refractivity contribution in [2.75, 3.05) is 13.1 Å². The van der Waals surface area contributed by atoms with E-state index in [1.165, 1.54) is 4.57 Å². The molecule has 0 aliphatic carbocycles. The van der Waals surface area contributed by atoms with Gasteiger partial charge in [0.2, 0.25) is 0 Å². The number of aromatic nitrogens is 4. The second kappa shape index (κ2) is 4.34. The lowest BCUT2D eigenvalue weighted by Crippen LogP contribution is -2.52. The first-order chi connectivity index (χ1) is 9.16. The van der Waals surface area contributed by atoms with Gasteiger partial charge in [0.15, 0.2) is 0 Å². The fourth-order valence-corrected chi connectivity index (χ4v) is 2.11. The highest BCUT2D eigenvalue weighted by Gasteiger charge is 2.34. The molecule has 0 unspecified atom stereocenters. The van der Waals surface area contributed by atoms with Crippen LogP contribution in [0.3, 0.4) is 0 Å². The van der Waals surface area contributed by atoms with Gasteiger partial charge >= 0.3 is 0 Å². The maximum absolute atomic E-state index is 12.2. The molecule has 7 nitrogen and oxygen atoms in total. The van der Waals surface area contributed by atoms with Gasteiger partial charge in [0.05, 0.1) is 12.4 Å². The lowest BCUT2D eigenvalue weighted by atomic mass is 10.1. The monoisotopic (exact) mass is 259 g/mol. The molecule has 1 saturated heterocycles. The molecule has 2 aromatic rings. The second-order valence-corrected chi connectivity index (χ2v) is 4.55. The molecule has 0 spiro atoms. The molecular formula is C12H13N5O2. The van der Waals surface area contributed by atoms with E-state index < -0.39 is 0 Å². The van der Waals surface area contributed by atoms with Crippen LogP contribution in [0.25, 0.3) is 0 Å². The molecule has 0 N–H and O–H groups in total. The molecule has 1 fully saturated rings. The van der Waals surface area contributed by atoms with E-state index in [-0.39, 0.29) is 23.1 Å². The van der Waals surface area contributed by atoms with Crippen molar-refractivity contribution in [3.63, 3.8) is 0 Å². The van der Waals surface area contributed by atoms with Gasteiger partial charge in [-0.2, -0.15) is 15.0 Å². The zero-order chi connectivity index (χ0) is 13.4. The van der Waals surface area contributed by atoms with Crippen LogP contribution in [0.15, 0.2) is 35.5 Å². The van der Waals surface area contributed by atoms with Crippen molar-refractivity contribution in [1.29, 1.82) is 0 Å². The topological polar surface area (TPSA) is 73.0 Å². The molecule has 2 aromatic heterocycles. The van der Waals surface area contributed by atoms with Gasteiger partial charge in [0.1, 0.15) is 11.6 Å². The van der Waals surface area contributed by atoms with Crippen molar-refractivity contribution in [3.8, 4) is 0 Å². The molecule has 98 valence electrons. The highest BCUT2D eigenvalue weighted by molar-refractivity contribution is 5.94. The van der Waals surface area contributed by atoms with Gasteiger partial charge in [-0.3, -0.25) is 9.59 Å². The number of nitrogens with zero attached hydrogens (tertiary/aromatic N) is 5. The molecule has 0 atom stereocenters. The number of carbonyl (C=O) groups excluding carboxylic acids is 1. The standard InChI is InChI=1S/C12H13N5O2/c1-15-6-2-3-10(11(15)18)12(19)16-7-9(8-16)17-13-4-5-14-17/h2-6,9H,7-8H2,1H3. The Kier molecular flexibility index (Phi) is 2.66. The summed E-state index contributed by atoms with van der Waals surface area (Å²) in [5.41, 5.74) is -0.0648. The first-order valence-electron chi connectivity index (χ1n) is 5.97. The minimum absolute atomic E-state index is 0.103. The largest absolute Gasteiger partial charge is 0.334 e. The molecule has 3 rings (SSSR count). The van der Waals surface area contributed by atoms with Crippen LogP contribution in [0.4, 0.5) is 0 Å². The molecule has 1 aliphatic rings. The van der Waals surface area contributed by atoms with Gasteiger partial charge in [-0.15, -0.1) is 0 Å². The van der Waals surface area contributed by atoms with E-state index in [0.717, 1.165) is 0 Å². The lowest BCUT2D eigenvalue weighted by Gasteiger charge is -2.38. The van der Waals surface area contributed by atoms with E-state index >= 15 is 0 Å². The van der Waals surface area contributed by atoms with Crippen molar-refractivity contribution < 1.29 is 4.79 Å². The number of amides is 1. The summed E-state index contributed by atoms with van der Waals surface area (Å²) in [5, 5.41) is 8.08. The summed E-state index contributed by atoms with van der Waals surface area (Å²) >= 11 is 0. The summed E-state index contributed by atoms with van der Waals surface area (Å²) in [4.78, 5) is 27.2. The Hall–Kier alpha value is -2.44. The number of carbonyl (C=O) groups is 1. The molecule has 19 heavy (non-hydrogen) atoms. The molecular weight excluding hydrogens is 246 g/mol. The van der Waals surface area contributed by atoms with E-state index in [4.69, 9.17) is 0 Å². The molecule has 3 heterocycles. The average Bonchev–Trinajstić information content (AvgIpc) is 2.84. The van der Waals surface area contributed by atoms with Crippen molar-refractivity contribution >= 4 is 5.91 Å². The van der Waals surface area contributed by atoms with E-state index in [1.54, 1.807) is 47.5 Å². The Morgan fingerprint density at radius 3 is 2.68 bits per heavy atom. The Morgan fingerprint density at radius 1 is 1.32 bits per heavy atom. The third-order valence-corrected chi connectivity index (χ3v) is 3.27. The van der Waals surface area contributed by atoms with Crippen molar-refractivity contribution in [2.24, 2.45) is 7.05 Å². The van der Waals surface area contributed by atoms with E-state index in [9.17, 15) is 9.59 Å². The van der Waals surface area contributed by atoms with Gasteiger partial charge in [-0.1, -0.05) is 0 Å². The van der Waals surface area contributed by atoms with Crippen LogP contribution in [-0.4, -0.2) is 43.5 Å². The quantitative estimate of drug-likeness (QED) is 0.740. The van der Waals surface area contributed by atoms with Gasteiger partial charge < -0.3 is 9.47 Å². The van der Waals surface area contributed by atoms with E-state index in [1.807, 2.05) is 0 Å². The minimum Gasteiger partial charge on any atom is -0.334 e. The molecule has 0 radical (unpaired) electrons. The van der Waals surface area contributed by atoms with Crippen molar-refractivity contribution in [3.05, 3.63) is 46.6 Å². The summed E-state index contributed by atoms with van der Waals surface area (Å²) in [6, 6.07) is 3.36. The highest BCUT2D eigenvalue weighted by Crippen LogP contribution is 2.20. The van der Waals surface area contributed by atoms with E-state index in [2.05, 4.69) is 10.2 Å². The summed E-state index contributed by atoms with van der Waals surface area (Å²) in [7, 11) is 1.63. The predicted molar refractivity (Wildman–Crippen MR) is 66.6 cm³/mol.